The molecule has 0 bridgehead atoms. The third-order valence-corrected chi connectivity index (χ3v) is 3.54. The highest BCUT2D eigenvalue weighted by Gasteiger charge is 2.12. The van der Waals surface area contributed by atoms with Crippen molar-refractivity contribution >= 4 is 38.4 Å². The number of hydrogen-bond donors (Lipinski definition) is 3. The number of aromatic nitrogens is 1. The van der Waals surface area contributed by atoms with Crippen molar-refractivity contribution < 1.29 is 15.0 Å². The molecule has 0 aliphatic carbocycles. The summed E-state index contributed by atoms with van der Waals surface area (Å²) < 4.78 is 0.815. The van der Waals surface area contributed by atoms with Gasteiger partial charge in [-0.1, -0.05) is 22.0 Å². The molecule has 3 aromatic rings. The number of carbonyl (C=O) groups is 1. The fraction of sp³-hybridized carbons (Fsp3) is 0. The minimum Gasteiger partial charge on any atom is -0.508 e. The third kappa shape index (κ3) is 2.71. The SMILES string of the molecule is O=C(N=Nc1c(O)[nH]c2ccc(Br)cc12)c1cccc(O)c1. The van der Waals surface area contributed by atoms with E-state index in [-0.39, 0.29) is 22.9 Å². The summed E-state index contributed by atoms with van der Waals surface area (Å²) in [7, 11) is 0. The molecule has 7 heteroatoms. The first-order chi connectivity index (χ1) is 10.5. The lowest BCUT2D eigenvalue weighted by molar-refractivity contribution is 0.0994. The molecular weight excluding hydrogens is 350 g/mol. The van der Waals surface area contributed by atoms with E-state index >= 15 is 0 Å². The molecule has 22 heavy (non-hydrogen) atoms. The van der Waals surface area contributed by atoms with E-state index in [0.717, 1.165) is 4.47 Å². The Balaban J connectivity index is 1.97. The first-order valence-corrected chi connectivity index (χ1v) is 7.09. The average Bonchev–Trinajstić information content (AvgIpc) is 2.80. The van der Waals surface area contributed by atoms with Gasteiger partial charge in [-0.3, -0.25) is 4.79 Å². The van der Waals surface area contributed by atoms with Gasteiger partial charge < -0.3 is 15.2 Å². The van der Waals surface area contributed by atoms with Gasteiger partial charge in [0.25, 0.3) is 5.91 Å². The second-order valence-corrected chi connectivity index (χ2v) is 5.48. The Hall–Kier alpha value is -2.67. The van der Waals surface area contributed by atoms with Crippen molar-refractivity contribution in [3.8, 4) is 11.6 Å². The maximum Gasteiger partial charge on any atom is 0.295 e. The van der Waals surface area contributed by atoms with Gasteiger partial charge in [0.15, 0.2) is 5.69 Å². The van der Waals surface area contributed by atoms with Gasteiger partial charge in [-0.05, 0) is 36.4 Å². The van der Waals surface area contributed by atoms with Gasteiger partial charge >= 0.3 is 0 Å². The Morgan fingerprint density at radius 3 is 2.73 bits per heavy atom. The Morgan fingerprint density at radius 2 is 1.95 bits per heavy atom. The number of rotatable bonds is 2. The number of nitrogens with one attached hydrogen (secondary N) is 1. The van der Waals surface area contributed by atoms with Crippen molar-refractivity contribution in [1.29, 1.82) is 0 Å². The molecule has 110 valence electrons. The zero-order valence-corrected chi connectivity index (χ0v) is 12.7. The number of hydrogen-bond acceptors (Lipinski definition) is 4. The van der Waals surface area contributed by atoms with Crippen LogP contribution in [0.15, 0.2) is 57.2 Å². The number of fused-ring (bicyclic) bond motifs is 1. The number of H-pyrrole nitrogens is 1. The topological polar surface area (TPSA) is 98.0 Å². The summed E-state index contributed by atoms with van der Waals surface area (Å²) >= 11 is 3.34. The second-order valence-electron chi connectivity index (χ2n) is 4.57. The van der Waals surface area contributed by atoms with E-state index in [4.69, 9.17) is 0 Å². The summed E-state index contributed by atoms with van der Waals surface area (Å²) in [5.74, 6) is -0.805. The Labute approximate surface area is 133 Å². The van der Waals surface area contributed by atoms with Crippen molar-refractivity contribution in [2.45, 2.75) is 0 Å². The molecule has 1 aromatic heterocycles. The lowest BCUT2D eigenvalue weighted by Gasteiger charge is -1.96. The monoisotopic (exact) mass is 359 g/mol. The molecule has 3 rings (SSSR count). The standard InChI is InChI=1S/C15H10BrN3O3/c16-9-4-5-12-11(7-9)13(15(22)17-12)18-19-14(21)8-2-1-3-10(20)6-8/h1-7,17,20,22H. The van der Waals surface area contributed by atoms with Crippen LogP contribution in [0.5, 0.6) is 11.6 Å². The summed E-state index contributed by atoms with van der Waals surface area (Å²) in [6.45, 7) is 0. The summed E-state index contributed by atoms with van der Waals surface area (Å²) in [5, 5.41) is 27.3. The number of aromatic hydroxyl groups is 2. The Morgan fingerprint density at radius 1 is 1.14 bits per heavy atom. The highest BCUT2D eigenvalue weighted by molar-refractivity contribution is 9.10. The number of aromatic amines is 1. The molecule has 1 amide bonds. The van der Waals surface area contributed by atoms with Gasteiger partial charge in [-0.15, -0.1) is 10.2 Å². The Bertz CT molecular complexity index is 902. The van der Waals surface area contributed by atoms with Crippen LogP contribution in [-0.4, -0.2) is 21.1 Å². The molecule has 0 unspecified atom stereocenters. The smallest absolute Gasteiger partial charge is 0.295 e. The number of amides is 1. The molecule has 1 heterocycles. The maximum atomic E-state index is 11.9. The van der Waals surface area contributed by atoms with Crippen molar-refractivity contribution in [2.75, 3.05) is 0 Å². The fourth-order valence-electron chi connectivity index (χ4n) is 2.03. The zero-order chi connectivity index (χ0) is 15.7. The summed E-state index contributed by atoms with van der Waals surface area (Å²) in [6.07, 6.45) is 0. The number of halogens is 1. The first kappa shape index (κ1) is 14.3. The van der Waals surface area contributed by atoms with E-state index in [2.05, 4.69) is 31.1 Å². The molecule has 0 radical (unpaired) electrons. The molecule has 0 aliphatic rings. The van der Waals surface area contributed by atoms with Crippen LogP contribution >= 0.6 is 15.9 Å². The first-order valence-electron chi connectivity index (χ1n) is 6.30. The molecule has 0 saturated carbocycles. The second kappa shape index (κ2) is 5.61. The lowest BCUT2D eigenvalue weighted by Crippen LogP contribution is -1.92. The predicted octanol–water partition coefficient (Wildman–Crippen LogP) is 4.27. The average molecular weight is 360 g/mol. The molecule has 6 nitrogen and oxygen atoms in total. The Kier molecular flexibility index (Phi) is 3.64. The number of phenolic OH excluding ortho intramolecular Hbond substituents is 1. The number of azo groups is 1. The summed E-state index contributed by atoms with van der Waals surface area (Å²) in [6, 6.07) is 11.2. The van der Waals surface area contributed by atoms with Crippen molar-refractivity contribution in [2.24, 2.45) is 10.2 Å². The lowest BCUT2D eigenvalue weighted by atomic mass is 10.2. The van der Waals surface area contributed by atoms with Crippen molar-refractivity contribution in [3.05, 3.63) is 52.5 Å². The number of phenols is 1. The van der Waals surface area contributed by atoms with Crippen molar-refractivity contribution in [1.82, 2.24) is 4.98 Å². The van der Waals surface area contributed by atoms with Crippen LogP contribution in [-0.2, 0) is 0 Å². The van der Waals surface area contributed by atoms with E-state index in [9.17, 15) is 15.0 Å². The third-order valence-electron chi connectivity index (χ3n) is 3.05. The van der Waals surface area contributed by atoms with Crippen LogP contribution in [0, 0.1) is 0 Å². The molecule has 0 saturated heterocycles. The molecular formula is C15H10BrN3O3. The van der Waals surface area contributed by atoms with Crippen LogP contribution in [0.2, 0.25) is 0 Å². The molecule has 0 atom stereocenters. The molecule has 2 aromatic carbocycles. The predicted molar refractivity (Wildman–Crippen MR) is 84.6 cm³/mol. The summed E-state index contributed by atoms with van der Waals surface area (Å²) in [4.78, 5) is 14.7. The van der Waals surface area contributed by atoms with Gasteiger partial charge in [-0.25, -0.2) is 0 Å². The van der Waals surface area contributed by atoms with Crippen LogP contribution in [0.4, 0.5) is 5.69 Å². The molecule has 0 fully saturated rings. The van der Waals surface area contributed by atoms with Gasteiger partial charge in [0.2, 0.25) is 5.88 Å². The van der Waals surface area contributed by atoms with Gasteiger partial charge in [0, 0.05) is 15.4 Å². The quantitative estimate of drug-likeness (QED) is 0.596. The highest BCUT2D eigenvalue weighted by Crippen LogP contribution is 2.36. The van der Waals surface area contributed by atoms with Crippen LogP contribution < -0.4 is 0 Å². The number of nitrogens with zero attached hydrogens (tertiary/aromatic N) is 2. The molecule has 3 N–H and O–H groups in total. The normalized spacial score (nSPS) is 11.3. The number of benzene rings is 2. The minimum atomic E-state index is -0.611. The van der Waals surface area contributed by atoms with Crippen LogP contribution in [0.25, 0.3) is 10.9 Å². The van der Waals surface area contributed by atoms with Crippen LogP contribution in [0.1, 0.15) is 10.4 Å². The van der Waals surface area contributed by atoms with E-state index in [1.165, 1.54) is 18.2 Å². The van der Waals surface area contributed by atoms with E-state index in [0.29, 0.717) is 10.9 Å². The number of carbonyl (C=O) groups excluding carboxylic acids is 1. The van der Waals surface area contributed by atoms with Crippen LogP contribution in [0.3, 0.4) is 0 Å². The van der Waals surface area contributed by atoms with Crippen molar-refractivity contribution in [3.63, 3.8) is 0 Å². The van der Waals surface area contributed by atoms with E-state index in [1.807, 2.05) is 6.07 Å². The van der Waals surface area contributed by atoms with E-state index in [1.54, 1.807) is 18.2 Å². The van der Waals surface area contributed by atoms with E-state index < -0.39 is 5.91 Å². The fourth-order valence-corrected chi connectivity index (χ4v) is 2.39. The highest BCUT2D eigenvalue weighted by atomic mass is 79.9. The zero-order valence-electron chi connectivity index (χ0n) is 11.1. The summed E-state index contributed by atoms with van der Waals surface area (Å²) in [5.41, 5.74) is 1.08. The van der Waals surface area contributed by atoms with Gasteiger partial charge in [-0.2, -0.15) is 0 Å². The maximum absolute atomic E-state index is 11.9. The van der Waals surface area contributed by atoms with Gasteiger partial charge in [0.05, 0.1) is 5.52 Å². The largest absolute Gasteiger partial charge is 0.508 e. The minimum absolute atomic E-state index is 0.0278. The molecule has 0 spiro atoms. The molecule has 0 aliphatic heterocycles. The van der Waals surface area contributed by atoms with Gasteiger partial charge in [0.1, 0.15) is 5.75 Å².